The minimum absolute atomic E-state index is 0.00905. The van der Waals surface area contributed by atoms with Gasteiger partial charge < -0.3 is 14.2 Å². The van der Waals surface area contributed by atoms with Gasteiger partial charge in [0.25, 0.3) is 0 Å². The lowest BCUT2D eigenvalue weighted by Crippen LogP contribution is -2.33. The molecule has 0 bridgehead atoms. The Morgan fingerprint density at radius 2 is 1.52 bits per heavy atom. The fourth-order valence-corrected chi connectivity index (χ4v) is 4.37. The number of nitrogens with zero attached hydrogens (tertiary/aromatic N) is 1. The predicted octanol–water partition coefficient (Wildman–Crippen LogP) is 5.34. The molecule has 2 aliphatic rings. The Labute approximate surface area is 185 Å². The van der Waals surface area contributed by atoms with Crippen LogP contribution in [-0.4, -0.2) is 50.1 Å². The Bertz CT molecular complexity index is 918. The third kappa shape index (κ3) is 4.72. The van der Waals surface area contributed by atoms with Crippen LogP contribution in [0.1, 0.15) is 61.9 Å². The maximum Gasteiger partial charge on any atom is 0.194 e. The van der Waals surface area contributed by atoms with E-state index in [1.54, 1.807) is 0 Å². The Morgan fingerprint density at radius 3 is 2.29 bits per heavy atom. The second kappa shape index (κ2) is 10.2. The van der Waals surface area contributed by atoms with E-state index in [1.807, 2.05) is 30.3 Å². The van der Waals surface area contributed by atoms with Crippen molar-refractivity contribution in [1.29, 1.82) is 0 Å². The maximum absolute atomic E-state index is 13.2. The summed E-state index contributed by atoms with van der Waals surface area (Å²) < 4.78 is 18.2. The predicted molar refractivity (Wildman–Crippen MR) is 123 cm³/mol. The van der Waals surface area contributed by atoms with E-state index in [4.69, 9.17) is 14.2 Å². The van der Waals surface area contributed by atoms with Crippen LogP contribution in [0.5, 0.6) is 17.2 Å². The zero-order chi connectivity index (χ0) is 21.6. The van der Waals surface area contributed by atoms with Gasteiger partial charge in [-0.1, -0.05) is 32.4 Å². The molecule has 4 rings (SSSR count). The number of piperidine rings is 1. The number of ether oxygens (including phenoxy) is 3. The van der Waals surface area contributed by atoms with Crippen LogP contribution >= 0.6 is 0 Å². The monoisotopic (exact) mass is 423 g/mol. The third-order valence-electron chi connectivity index (χ3n) is 5.89. The molecule has 1 saturated heterocycles. The molecule has 0 radical (unpaired) electrons. The van der Waals surface area contributed by atoms with Crippen molar-refractivity contribution in [3.05, 3.63) is 41.5 Å². The molecule has 1 aliphatic heterocycles. The van der Waals surface area contributed by atoms with Gasteiger partial charge in [-0.15, -0.1) is 0 Å². The van der Waals surface area contributed by atoms with E-state index in [0.29, 0.717) is 42.4 Å². The summed E-state index contributed by atoms with van der Waals surface area (Å²) in [6.45, 7) is 9.15. The van der Waals surface area contributed by atoms with E-state index >= 15 is 0 Å². The molecule has 0 unspecified atom stereocenters. The highest BCUT2D eigenvalue weighted by molar-refractivity contribution is 6.23. The van der Waals surface area contributed by atoms with Crippen LogP contribution in [0.3, 0.4) is 0 Å². The van der Waals surface area contributed by atoms with Crippen molar-refractivity contribution in [1.82, 2.24) is 4.90 Å². The van der Waals surface area contributed by atoms with Crippen LogP contribution in [0.2, 0.25) is 0 Å². The van der Waals surface area contributed by atoms with Gasteiger partial charge in [-0.25, -0.2) is 0 Å². The average molecular weight is 424 g/mol. The van der Waals surface area contributed by atoms with E-state index in [1.165, 1.54) is 19.3 Å². The highest BCUT2D eigenvalue weighted by Gasteiger charge is 2.33. The van der Waals surface area contributed by atoms with E-state index in [-0.39, 0.29) is 5.78 Å². The van der Waals surface area contributed by atoms with Gasteiger partial charge in [0.05, 0.1) is 13.2 Å². The van der Waals surface area contributed by atoms with Crippen molar-refractivity contribution in [2.45, 2.75) is 46.0 Å². The number of hydrogen-bond donors (Lipinski definition) is 0. The van der Waals surface area contributed by atoms with Gasteiger partial charge in [0.15, 0.2) is 5.78 Å². The number of carbonyl (C=O) groups excluding carboxylic acids is 1. The molecular formula is C26H33NO4. The summed E-state index contributed by atoms with van der Waals surface area (Å²) in [6, 6.07) is 9.51. The highest BCUT2D eigenvalue weighted by Crippen LogP contribution is 2.49. The number of carbonyl (C=O) groups is 1. The number of fused-ring (bicyclic) bond motifs is 3. The van der Waals surface area contributed by atoms with Gasteiger partial charge in [-0.2, -0.15) is 0 Å². The summed E-state index contributed by atoms with van der Waals surface area (Å²) in [5.74, 6) is 2.14. The lowest BCUT2D eigenvalue weighted by Gasteiger charge is -2.26. The SMILES string of the molecule is CCCOc1cc(OCCC)c2c(c1)C(=O)c1cccc(OCCN3CCCCC3)c1-2. The second-order valence-corrected chi connectivity index (χ2v) is 8.30. The standard InChI is InChI=1S/C26H33NO4/c1-3-14-29-19-17-21-25(23(18-19)30-15-4-2)24-20(26(21)28)9-8-10-22(24)31-16-13-27-11-6-5-7-12-27/h8-10,17-18H,3-7,11-16H2,1-2H3. The molecule has 0 N–H and O–H groups in total. The molecule has 5 nitrogen and oxygen atoms in total. The molecule has 31 heavy (non-hydrogen) atoms. The summed E-state index contributed by atoms with van der Waals surface area (Å²) in [5, 5.41) is 0. The molecule has 0 aromatic heterocycles. The van der Waals surface area contributed by atoms with Crippen LogP contribution in [0, 0.1) is 0 Å². The first kappa shape index (κ1) is 21.7. The van der Waals surface area contributed by atoms with E-state index < -0.39 is 0 Å². The topological polar surface area (TPSA) is 48.0 Å². The normalized spacial score (nSPS) is 15.5. The average Bonchev–Trinajstić information content (AvgIpc) is 3.10. The van der Waals surface area contributed by atoms with E-state index in [0.717, 1.165) is 49.4 Å². The summed E-state index contributed by atoms with van der Waals surface area (Å²) in [6.07, 6.45) is 5.66. The van der Waals surface area contributed by atoms with Crippen LogP contribution in [0.4, 0.5) is 0 Å². The Balaban J connectivity index is 1.63. The summed E-state index contributed by atoms with van der Waals surface area (Å²) in [7, 11) is 0. The smallest absolute Gasteiger partial charge is 0.194 e. The Hall–Kier alpha value is -2.53. The van der Waals surface area contributed by atoms with E-state index in [9.17, 15) is 4.79 Å². The summed E-state index contributed by atoms with van der Waals surface area (Å²) in [4.78, 5) is 15.7. The minimum atomic E-state index is 0.00905. The van der Waals surface area contributed by atoms with Gasteiger partial charge >= 0.3 is 0 Å². The third-order valence-corrected chi connectivity index (χ3v) is 5.89. The van der Waals surface area contributed by atoms with Crippen molar-refractivity contribution < 1.29 is 19.0 Å². The van der Waals surface area contributed by atoms with Crippen LogP contribution in [-0.2, 0) is 0 Å². The van der Waals surface area contributed by atoms with Gasteiger partial charge in [-0.05, 0) is 50.9 Å². The molecule has 0 atom stereocenters. The van der Waals surface area contributed by atoms with Gasteiger partial charge in [0, 0.05) is 34.9 Å². The Morgan fingerprint density at radius 1 is 0.806 bits per heavy atom. The van der Waals surface area contributed by atoms with Gasteiger partial charge in [0.2, 0.25) is 0 Å². The van der Waals surface area contributed by atoms with Crippen molar-refractivity contribution in [2.75, 3.05) is 39.5 Å². The van der Waals surface area contributed by atoms with Crippen molar-refractivity contribution >= 4 is 5.78 Å². The van der Waals surface area contributed by atoms with Crippen molar-refractivity contribution in [2.24, 2.45) is 0 Å². The fraction of sp³-hybridized carbons (Fsp3) is 0.500. The van der Waals surface area contributed by atoms with Gasteiger partial charge in [0.1, 0.15) is 23.9 Å². The molecular weight excluding hydrogens is 390 g/mol. The zero-order valence-corrected chi connectivity index (χ0v) is 18.7. The number of benzene rings is 2. The molecule has 2 aromatic carbocycles. The first-order valence-corrected chi connectivity index (χ1v) is 11.7. The number of likely N-dealkylation sites (tertiary alicyclic amines) is 1. The molecule has 1 aliphatic carbocycles. The van der Waals surface area contributed by atoms with Crippen LogP contribution in [0.25, 0.3) is 11.1 Å². The number of ketones is 1. The van der Waals surface area contributed by atoms with Gasteiger partial charge in [-0.3, -0.25) is 9.69 Å². The molecule has 5 heteroatoms. The van der Waals surface area contributed by atoms with E-state index in [2.05, 4.69) is 18.7 Å². The molecule has 1 fully saturated rings. The second-order valence-electron chi connectivity index (χ2n) is 8.30. The molecule has 2 aromatic rings. The maximum atomic E-state index is 13.2. The van der Waals surface area contributed by atoms with Crippen molar-refractivity contribution in [3.63, 3.8) is 0 Å². The fourth-order valence-electron chi connectivity index (χ4n) is 4.37. The minimum Gasteiger partial charge on any atom is -0.493 e. The van der Waals surface area contributed by atoms with Crippen LogP contribution < -0.4 is 14.2 Å². The van der Waals surface area contributed by atoms with Crippen molar-refractivity contribution in [3.8, 4) is 28.4 Å². The number of hydrogen-bond acceptors (Lipinski definition) is 5. The first-order valence-electron chi connectivity index (χ1n) is 11.7. The quantitative estimate of drug-likeness (QED) is 0.440. The lowest BCUT2D eigenvalue weighted by molar-refractivity contribution is 0.104. The molecule has 1 heterocycles. The molecule has 0 spiro atoms. The first-order chi connectivity index (χ1) is 15.2. The molecule has 166 valence electrons. The largest absolute Gasteiger partial charge is 0.493 e. The van der Waals surface area contributed by atoms with Crippen LogP contribution in [0.15, 0.2) is 30.3 Å². The summed E-state index contributed by atoms with van der Waals surface area (Å²) in [5.41, 5.74) is 3.02. The Kier molecular flexibility index (Phi) is 7.13. The lowest BCUT2D eigenvalue weighted by atomic mass is 10.0. The zero-order valence-electron chi connectivity index (χ0n) is 18.7. The summed E-state index contributed by atoms with van der Waals surface area (Å²) >= 11 is 0. The molecule has 0 amide bonds. The molecule has 0 saturated carbocycles. The number of rotatable bonds is 10. The highest BCUT2D eigenvalue weighted by atomic mass is 16.5.